The molecule has 3 saturated heterocycles. The lowest BCUT2D eigenvalue weighted by molar-refractivity contribution is -0.379. The van der Waals surface area contributed by atoms with E-state index in [4.69, 9.17) is 28.4 Å². The average molecular weight is 1280 g/mol. The van der Waals surface area contributed by atoms with Crippen LogP contribution in [0.2, 0.25) is 0 Å². The molecular formula is C71H129NO18. The summed E-state index contributed by atoms with van der Waals surface area (Å²) in [5.74, 6) is -0.298. The van der Waals surface area contributed by atoms with Gasteiger partial charge in [-0.2, -0.15) is 0 Å². The Morgan fingerprint density at radius 3 is 1.11 bits per heavy atom. The van der Waals surface area contributed by atoms with E-state index in [1.165, 1.54) is 167 Å². The Balaban J connectivity index is 1.41. The van der Waals surface area contributed by atoms with E-state index in [1.807, 2.05) is 6.08 Å². The molecule has 17 unspecified atom stereocenters. The van der Waals surface area contributed by atoms with Crippen LogP contribution in [-0.4, -0.2) is 193 Å². The lowest BCUT2D eigenvalue weighted by atomic mass is 9.96. The normalized spacial score (nSPS) is 28.3. The summed E-state index contributed by atoms with van der Waals surface area (Å²) in [7, 11) is 0. The highest BCUT2D eigenvalue weighted by Gasteiger charge is 2.53. The number of hydrogen-bond acceptors (Lipinski definition) is 18. The summed E-state index contributed by atoms with van der Waals surface area (Å²) < 4.78 is 34.3. The van der Waals surface area contributed by atoms with Gasteiger partial charge in [-0.15, -0.1) is 0 Å². The second kappa shape index (κ2) is 53.0. The number of rotatable bonds is 55. The summed E-state index contributed by atoms with van der Waals surface area (Å²) in [4.78, 5) is 13.4. The highest BCUT2D eigenvalue weighted by molar-refractivity contribution is 5.76. The third-order valence-electron chi connectivity index (χ3n) is 17.8. The van der Waals surface area contributed by atoms with Gasteiger partial charge in [0.15, 0.2) is 18.9 Å². The average Bonchev–Trinajstić information content (AvgIpc) is 0.866. The van der Waals surface area contributed by atoms with Crippen molar-refractivity contribution in [2.45, 2.75) is 369 Å². The maximum Gasteiger partial charge on any atom is 0.220 e. The van der Waals surface area contributed by atoms with Crippen molar-refractivity contribution < 1.29 is 89.4 Å². The smallest absolute Gasteiger partial charge is 0.220 e. The van der Waals surface area contributed by atoms with Crippen molar-refractivity contribution in [2.24, 2.45) is 0 Å². The fraction of sp³-hybridized carbons (Fsp3) is 0.873. The first-order valence-electron chi connectivity index (χ1n) is 35.9. The van der Waals surface area contributed by atoms with E-state index in [0.717, 1.165) is 64.2 Å². The number of aliphatic hydroxyl groups is 11. The molecule has 1 amide bonds. The van der Waals surface area contributed by atoms with Crippen molar-refractivity contribution in [2.75, 3.05) is 26.4 Å². The van der Waals surface area contributed by atoms with E-state index < -0.39 is 124 Å². The number of ether oxygens (including phenoxy) is 6. The van der Waals surface area contributed by atoms with Crippen LogP contribution in [0.15, 0.2) is 48.6 Å². The van der Waals surface area contributed by atoms with Crippen LogP contribution in [0.25, 0.3) is 0 Å². The predicted molar refractivity (Wildman–Crippen MR) is 351 cm³/mol. The molecule has 19 nitrogen and oxygen atoms in total. The Morgan fingerprint density at radius 1 is 0.389 bits per heavy atom. The number of hydrogen-bond donors (Lipinski definition) is 12. The molecule has 0 aromatic heterocycles. The molecule has 90 heavy (non-hydrogen) atoms. The molecule has 17 atom stereocenters. The molecule has 3 rings (SSSR count). The maximum atomic E-state index is 13.4. The van der Waals surface area contributed by atoms with Crippen molar-refractivity contribution in [3.8, 4) is 0 Å². The second-order valence-corrected chi connectivity index (χ2v) is 25.7. The molecule has 0 radical (unpaired) electrons. The topological polar surface area (TPSA) is 307 Å². The summed E-state index contributed by atoms with van der Waals surface area (Å²) in [6, 6.07) is -1.00. The lowest BCUT2D eigenvalue weighted by Crippen LogP contribution is -2.66. The molecule has 0 spiro atoms. The largest absolute Gasteiger partial charge is 0.394 e. The molecule has 19 heteroatoms. The fourth-order valence-corrected chi connectivity index (χ4v) is 12.0. The van der Waals surface area contributed by atoms with Gasteiger partial charge >= 0.3 is 0 Å². The first kappa shape index (κ1) is 82.0. The zero-order chi connectivity index (χ0) is 65.4. The molecule has 0 saturated carbocycles. The highest BCUT2D eigenvalue weighted by atomic mass is 16.8. The molecule has 0 aromatic carbocycles. The van der Waals surface area contributed by atoms with E-state index in [2.05, 4.69) is 55.6 Å². The maximum absolute atomic E-state index is 13.4. The molecular weight excluding hydrogens is 1150 g/mol. The zero-order valence-corrected chi connectivity index (χ0v) is 55.6. The van der Waals surface area contributed by atoms with Crippen LogP contribution in [-0.2, 0) is 33.2 Å². The third kappa shape index (κ3) is 34.4. The van der Waals surface area contributed by atoms with Crippen molar-refractivity contribution in [1.82, 2.24) is 5.32 Å². The number of aliphatic hydroxyl groups excluding tert-OH is 11. The van der Waals surface area contributed by atoms with Crippen LogP contribution in [0.5, 0.6) is 0 Å². The summed E-state index contributed by atoms with van der Waals surface area (Å²) in [6.45, 7) is 1.70. The summed E-state index contributed by atoms with van der Waals surface area (Å²) >= 11 is 0. The van der Waals surface area contributed by atoms with E-state index in [-0.39, 0.29) is 18.9 Å². The molecule has 3 aliphatic heterocycles. The van der Waals surface area contributed by atoms with Crippen molar-refractivity contribution >= 4 is 5.91 Å². The molecule has 12 N–H and O–H groups in total. The predicted octanol–water partition coefficient (Wildman–Crippen LogP) is 9.78. The number of unbranched alkanes of at least 4 members (excludes halogenated alkanes) is 33. The quantitative estimate of drug-likeness (QED) is 0.0199. The van der Waals surface area contributed by atoms with E-state index >= 15 is 0 Å². The Kier molecular flexibility index (Phi) is 48.2. The van der Waals surface area contributed by atoms with Gasteiger partial charge in [-0.25, -0.2) is 0 Å². The fourth-order valence-electron chi connectivity index (χ4n) is 12.0. The van der Waals surface area contributed by atoms with Crippen LogP contribution in [0.1, 0.15) is 264 Å². The minimum atomic E-state index is -1.98. The van der Waals surface area contributed by atoms with Gasteiger partial charge in [-0.1, -0.05) is 236 Å². The summed E-state index contributed by atoms with van der Waals surface area (Å²) in [6.07, 6.45) is 36.9. The minimum Gasteiger partial charge on any atom is -0.394 e. The summed E-state index contributed by atoms with van der Waals surface area (Å²) in [5, 5.41) is 120. The monoisotopic (exact) mass is 1280 g/mol. The van der Waals surface area contributed by atoms with E-state index in [9.17, 15) is 61.0 Å². The molecule has 3 heterocycles. The first-order chi connectivity index (χ1) is 43.8. The Labute approximate surface area is 542 Å². The van der Waals surface area contributed by atoms with Crippen LogP contribution >= 0.6 is 0 Å². The third-order valence-corrected chi connectivity index (χ3v) is 17.8. The zero-order valence-electron chi connectivity index (χ0n) is 55.6. The number of carbonyl (C=O) groups excluding carboxylic acids is 1. The Hall–Kier alpha value is -2.25. The van der Waals surface area contributed by atoms with Gasteiger partial charge in [-0.05, 0) is 70.6 Å². The number of nitrogens with one attached hydrogen (secondary N) is 1. The Bertz CT molecular complexity index is 1820. The number of allylic oxidation sites excluding steroid dienone is 7. The van der Waals surface area contributed by atoms with Crippen molar-refractivity contribution in [3.63, 3.8) is 0 Å². The number of carbonyl (C=O) groups is 1. The van der Waals surface area contributed by atoms with Crippen molar-refractivity contribution in [3.05, 3.63) is 48.6 Å². The molecule has 0 aliphatic carbocycles. The standard InChI is InChI=1S/C71H129NO18/c1-3-5-7-9-11-13-15-17-19-20-21-22-23-24-25-26-27-28-29-30-31-32-33-34-35-36-38-40-42-44-46-48-55(76)54(72-59(77)49-47-45-43-41-39-37-18-16-14-12-10-8-6-4-2)53-85-69-65(83)62(80)67(57(51-74)87-69)90-71-66(84)63(81)68(58(52-75)88-71)89-70-64(82)61(79)60(78)56(50-73)86-70/h16,18,33-34,38,40,46,48,54-58,60-71,73-76,78-84H,3-15,17,19-32,35-37,39,41-45,47,49-53H2,1-2H3,(H,72,77)/b18-16-,34-33+,40-38+,48-46+. The first-order valence-corrected chi connectivity index (χ1v) is 35.9. The second-order valence-electron chi connectivity index (χ2n) is 25.7. The van der Waals surface area contributed by atoms with Gasteiger partial charge in [0.05, 0.1) is 38.6 Å². The van der Waals surface area contributed by atoms with E-state index in [0.29, 0.717) is 12.8 Å². The summed E-state index contributed by atoms with van der Waals surface area (Å²) in [5.41, 5.74) is 0. The molecule has 3 aliphatic rings. The lowest BCUT2D eigenvalue weighted by Gasteiger charge is -2.48. The highest BCUT2D eigenvalue weighted by Crippen LogP contribution is 2.33. The van der Waals surface area contributed by atoms with Gasteiger partial charge in [0.1, 0.15) is 73.2 Å². The molecule has 0 aromatic rings. The SMILES string of the molecule is CCCCCCC/C=C\CCCCCCCC(=O)NC(COC1OC(CO)C(OC2OC(CO)C(OC3OC(CO)C(O)C(O)C3O)C(O)C2O)C(O)C1O)C(O)/C=C/CC/C=C/CC/C=C/CCCCCCCCCCCCCCCCCCCCCCC. The molecule has 526 valence electrons. The van der Waals surface area contributed by atoms with Gasteiger partial charge in [0.25, 0.3) is 0 Å². The van der Waals surface area contributed by atoms with Gasteiger partial charge < -0.3 is 89.9 Å². The number of amides is 1. The van der Waals surface area contributed by atoms with Crippen molar-refractivity contribution in [1.29, 1.82) is 0 Å². The van der Waals surface area contributed by atoms with Crippen LogP contribution in [0.4, 0.5) is 0 Å². The van der Waals surface area contributed by atoms with E-state index in [1.54, 1.807) is 6.08 Å². The van der Waals surface area contributed by atoms with Gasteiger partial charge in [0.2, 0.25) is 5.91 Å². The molecule has 3 fully saturated rings. The minimum absolute atomic E-state index is 0.221. The van der Waals surface area contributed by atoms with Gasteiger partial charge in [-0.3, -0.25) is 4.79 Å². The van der Waals surface area contributed by atoms with Crippen LogP contribution in [0, 0.1) is 0 Å². The van der Waals surface area contributed by atoms with Crippen LogP contribution in [0.3, 0.4) is 0 Å². The Morgan fingerprint density at radius 2 is 0.711 bits per heavy atom. The van der Waals surface area contributed by atoms with Gasteiger partial charge in [0, 0.05) is 6.42 Å². The molecule has 0 bridgehead atoms. The van der Waals surface area contributed by atoms with Crippen LogP contribution < -0.4 is 5.32 Å².